The third-order valence-electron chi connectivity index (χ3n) is 6.71. The molecule has 5 rings (SSSR count). The van der Waals surface area contributed by atoms with Gasteiger partial charge in [-0.25, -0.2) is 0 Å². The van der Waals surface area contributed by atoms with Gasteiger partial charge in [-0.3, -0.25) is 0 Å². The van der Waals surface area contributed by atoms with Gasteiger partial charge in [0.15, 0.2) is 0 Å². The summed E-state index contributed by atoms with van der Waals surface area (Å²) in [6.07, 6.45) is 0. The van der Waals surface area contributed by atoms with Crippen molar-refractivity contribution in [2.24, 2.45) is 0 Å². The lowest BCUT2D eigenvalue weighted by Gasteiger charge is -2.32. The van der Waals surface area contributed by atoms with Crippen molar-refractivity contribution in [3.05, 3.63) is 66.2 Å². The lowest BCUT2D eigenvalue weighted by atomic mass is 9.77. The van der Waals surface area contributed by atoms with Crippen LogP contribution in [0.2, 0.25) is 0 Å². The lowest BCUT2D eigenvalue weighted by molar-refractivity contribution is 0.00578. The fraction of sp³-hybridized carbons (Fsp3) is 0.333. The van der Waals surface area contributed by atoms with E-state index in [1.807, 2.05) is 13.8 Å². The van der Waals surface area contributed by atoms with E-state index in [9.17, 15) is 0 Å². The Morgan fingerprint density at radius 3 is 1.85 bits per heavy atom. The number of benzene rings is 3. The van der Waals surface area contributed by atoms with Crippen molar-refractivity contribution in [1.82, 2.24) is 4.57 Å². The highest BCUT2D eigenvalue weighted by molar-refractivity contribution is 14.2. The van der Waals surface area contributed by atoms with Crippen LogP contribution in [-0.4, -0.2) is 22.9 Å². The molecule has 1 aliphatic rings. The molecule has 7 heteroatoms. The molecular formula is C27H32BINO3P. The molecule has 1 unspecified atom stereocenters. The summed E-state index contributed by atoms with van der Waals surface area (Å²) in [6.45, 7) is 14.7. The second-order valence-corrected chi connectivity index (χ2v) is 11.0. The van der Waals surface area contributed by atoms with E-state index in [0.29, 0.717) is 0 Å². The summed E-state index contributed by atoms with van der Waals surface area (Å²) in [5.74, 6) is 0.813. The van der Waals surface area contributed by atoms with Gasteiger partial charge < -0.3 is 18.4 Å². The lowest BCUT2D eigenvalue weighted by Crippen LogP contribution is -2.41. The maximum atomic E-state index is 6.43. The fourth-order valence-electron chi connectivity index (χ4n) is 4.42. The summed E-state index contributed by atoms with van der Waals surface area (Å²) >= 11 is 2.28. The van der Waals surface area contributed by atoms with E-state index in [0.717, 1.165) is 33.5 Å². The molecule has 1 aromatic heterocycles. The van der Waals surface area contributed by atoms with E-state index >= 15 is 0 Å². The molecule has 0 amide bonds. The Bertz CT molecular complexity index is 1270. The van der Waals surface area contributed by atoms with Crippen LogP contribution in [0.3, 0.4) is 0 Å². The zero-order valence-electron chi connectivity index (χ0n) is 20.9. The van der Waals surface area contributed by atoms with Crippen molar-refractivity contribution in [2.45, 2.75) is 59.7 Å². The van der Waals surface area contributed by atoms with E-state index in [4.69, 9.17) is 13.8 Å². The van der Waals surface area contributed by atoms with Crippen LogP contribution in [0.5, 0.6) is 5.75 Å². The summed E-state index contributed by atoms with van der Waals surface area (Å²) in [4.78, 5) is 0. The predicted octanol–water partition coefficient (Wildman–Crippen LogP) is 7.74. The molecule has 4 nitrogen and oxygen atoms in total. The standard InChI is InChI=1S/C25H26BINO3P.C2H6/c1-16-14-19(26-30-24(2,3)25(4,5)31-26)23(29-32-27)22(15-16)28-20-12-8-6-10-17(20)18-11-7-9-13-21(18)28;1-2/h6-15,32H,1-5H3;1-2H3. The molecule has 1 atom stereocenters. The molecule has 0 radical (unpaired) electrons. The normalized spacial score (nSPS) is 16.9. The molecule has 1 fully saturated rings. The van der Waals surface area contributed by atoms with Crippen molar-refractivity contribution in [2.75, 3.05) is 0 Å². The van der Waals surface area contributed by atoms with Crippen LogP contribution >= 0.6 is 28.5 Å². The maximum absolute atomic E-state index is 6.43. The average molecular weight is 587 g/mol. The highest BCUT2D eigenvalue weighted by Gasteiger charge is 2.52. The predicted molar refractivity (Wildman–Crippen MR) is 156 cm³/mol. The summed E-state index contributed by atoms with van der Waals surface area (Å²) in [5, 5.41) is 2.45. The van der Waals surface area contributed by atoms with E-state index in [-0.39, 0.29) is 6.45 Å². The summed E-state index contributed by atoms with van der Waals surface area (Å²) in [6, 6.07) is 21.4. The van der Waals surface area contributed by atoms with Crippen molar-refractivity contribution in [1.29, 1.82) is 0 Å². The summed E-state index contributed by atoms with van der Waals surface area (Å²) in [7, 11) is -0.491. The number of halogens is 1. The van der Waals surface area contributed by atoms with Gasteiger partial charge in [0.05, 0.1) is 27.9 Å². The highest BCUT2D eigenvalue weighted by atomic mass is 127. The third kappa shape index (κ3) is 4.28. The van der Waals surface area contributed by atoms with Crippen molar-refractivity contribution < 1.29 is 13.8 Å². The van der Waals surface area contributed by atoms with Gasteiger partial charge in [0.25, 0.3) is 0 Å². The van der Waals surface area contributed by atoms with Gasteiger partial charge in [0, 0.05) is 16.2 Å². The smallest absolute Gasteiger partial charge is 0.465 e. The summed E-state index contributed by atoms with van der Waals surface area (Å²) in [5.41, 5.74) is 4.55. The van der Waals surface area contributed by atoms with Crippen molar-refractivity contribution in [3.8, 4) is 11.4 Å². The Kier molecular flexibility index (Phi) is 7.36. The number of aryl methyl sites for hydroxylation is 1. The SMILES string of the molecule is CC.Cc1cc(B2OC(C)(C)C(C)(C)O2)c(OPI)c(-n2c3ccccc3c3ccccc32)c1. The third-order valence-corrected chi connectivity index (χ3v) is 7.65. The van der Waals surface area contributed by atoms with Crippen molar-refractivity contribution >= 4 is 62.9 Å². The second-order valence-electron chi connectivity index (χ2n) is 9.34. The zero-order chi connectivity index (χ0) is 24.7. The Labute approximate surface area is 217 Å². The first kappa shape index (κ1) is 25.5. The van der Waals surface area contributed by atoms with Gasteiger partial charge in [0.1, 0.15) is 12.2 Å². The van der Waals surface area contributed by atoms with E-state index in [2.05, 4.69) is 122 Å². The molecule has 3 aromatic carbocycles. The van der Waals surface area contributed by atoms with E-state index in [1.54, 1.807) is 0 Å². The number of rotatable bonds is 4. The molecule has 4 aromatic rings. The Balaban J connectivity index is 0.00000133. The van der Waals surface area contributed by atoms with Gasteiger partial charge >= 0.3 is 7.12 Å². The Morgan fingerprint density at radius 1 is 0.853 bits per heavy atom. The first-order valence-corrected chi connectivity index (χ1v) is 15.8. The molecule has 0 aliphatic carbocycles. The molecule has 34 heavy (non-hydrogen) atoms. The molecule has 2 heterocycles. The van der Waals surface area contributed by atoms with Gasteiger partial charge in [-0.2, -0.15) is 0 Å². The minimum absolute atomic E-state index is 0.267. The Morgan fingerprint density at radius 2 is 1.35 bits per heavy atom. The molecule has 1 saturated heterocycles. The van der Waals surface area contributed by atoms with Crippen molar-refractivity contribution in [3.63, 3.8) is 0 Å². The van der Waals surface area contributed by atoms with Crippen LogP contribution in [0.4, 0.5) is 0 Å². The zero-order valence-corrected chi connectivity index (χ0v) is 24.1. The highest BCUT2D eigenvalue weighted by Crippen LogP contribution is 2.41. The van der Waals surface area contributed by atoms with Gasteiger partial charge in [-0.1, -0.05) is 56.3 Å². The number of hydrogen-bond donors (Lipinski definition) is 0. The molecule has 1 aliphatic heterocycles. The largest absolute Gasteiger partial charge is 0.498 e. The van der Waals surface area contributed by atoms with Crippen LogP contribution in [0.1, 0.15) is 47.1 Å². The number of para-hydroxylation sites is 2. The number of nitrogens with zero attached hydrogens (tertiary/aromatic N) is 1. The Hall–Kier alpha value is -1.60. The topological polar surface area (TPSA) is 32.6 Å². The van der Waals surface area contributed by atoms with Gasteiger partial charge in [-0.15, -0.1) is 0 Å². The van der Waals surface area contributed by atoms with Crippen LogP contribution in [0.15, 0.2) is 60.7 Å². The van der Waals surface area contributed by atoms with Crippen LogP contribution in [0, 0.1) is 6.92 Å². The van der Waals surface area contributed by atoms with Gasteiger partial charge in [0.2, 0.25) is 0 Å². The maximum Gasteiger partial charge on any atom is 0.498 e. The monoisotopic (exact) mass is 587 g/mol. The molecular weight excluding hydrogens is 555 g/mol. The van der Waals surface area contributed by atoms with E-state index in [1.165, 1.54) is 10.8 Å². The minimum atomic E-state index is -0.491. The van der Waals surface area contributed by atoms with Crippen LogP contribution in [-0.2, 0) is 9.31 Å². The molecule has 0 bridgehead atoms. The summed E-state index contributed by atoms with van der Waals surface area (Å²) < 4.78 is 21.5. The minimum Gasteiger partial charge on any atom is -0.465 e. The first-order chi connectivity index (χ1) is 16.2. The van der Waals surface area contributed by atoms with Crippen LogP contribution in [0.25, 0.3) is 27.5 Å². The first-order valence-electron chi connectivity index (χ1n) is 11.7. The molecule has 0 saturated carbocycles. The number of aromatic nitrogens is 1. The number of hydrogen-bond acceptors (Lipinski definition) is 3. The average Bonchev–Trinajstić information content (AvgIpc) is 3.26. The fourth-order valence-corrected chi connectivity index (χ4v) is 5.38. The van der Waals surface area contributed by atoms with E-state index < -0.39 is 18.3 Å². The number of fused-ring (bicyclic) bond motifs is 3. The molecule has 0 spiro atoms. The molecule has 0 N–H and O–H groups in total. The molecule has 178 valence electrons. The van der Waals surface area contributed by atoms with Gasteiger partial charge in [-0.05, 0) is 80.4 Å². The van der Waals surface area contributed by atoms with Crippen LogP contribution < -0.4 is 9.99 Å². The quantitative estimate of drug-likeness (QED) is 0.139. The second kappa shape index (κ2) is 9.81.